The molecule has 0 aliphatic carbocycles. The molecule has 0 spiro atoms. The summed E-state index contributed by atoms with van der Waals surface area (Å²) < 4.78 is 39.8. The molecule has 0 atom stereocenters. The first-order valence-electron chi connectivity index (χ1n) is 8.33. The van der Waals surface area contributed by atoms with Gasteiger partial charge in [0.05, 0.1) is 10.00 Å². The van der Waals surface area contributed by atoms with E-state index in [0.29, 0.717) is 11.5 Å². The highest BCUT2D eigenvalue weighted by molar-refractivity contribution is 8.16. The Hall–Kier alpha value is -0.513. The Balaban J connectivity index is 2.00. The van der Waals surface area contributed by atoms with Crippen molar-refractivity contribution in [1.82, 2.24) is 0 Å². The second-order valence-corrected chi connectivity index (χ2v) is 15.4. The Kier molecular flexibility index (Phi) is 6.34. The molecule has 1 aromatic carbocycles. The molecular formula is C19H25F3S2Si. The standard InChI is InChI=1S/C19H25F3S2Si/c1-18(2,19(20,21)22)16-12-23-17(24-13-16)15-8-6-14(7-9-15)10-11-25(3,4)5/h6-9,16-17H,12-13H2,1-5H3. The molecule has 1 heterocycles. The van der Waals surface area contributed by atoms with Crippen molar-refractivity contribution in [2.45, 2.75) is 44.2 Å². The van der Waals surface area contributed by atoms with E-state index in [1.54, 1.807) is 23.5 Å². The van der Waals surface area contributed by atoms with E-state index in [1.165, 1.54) is 13.8 Å². The van der Waals surface area contributed by atoms with E-state index >= 15 is 0 Å². The second kappa shape index (κ2) is 7.62. The van der Waals surface area contributed by atoms with Crippen molar-refractivity contribution in [2.75, 3.05) is 11.5 Å². The smallest absolute Gasteiger partial charge is 0.171 e. The van der Waals surface area contributed by atoms with E-state index < -0.39 is 19.7 Å². The Morgan fingerprint density at radius 3 is 1.96 bits per heavy atom. The summed E-state index contributed by atoms with van der Waals surface area (Å²) in [4.78, 5) is 0. The highest BCUT2D eigenvalue weighted by atomic mass is 32.2. The van der Waals surface area contributed by atoms with Gasteiger partial charge in [0.15, 0.2) is 0 Å². The Morgan fingerprint density at radius 1 is 1.00 bits per heavy atom. The summed E-state index contributed by atoms with van der Waals surface area (Å²) in [6, 6.07) is 8.17. The molecule has 25 heavy (non-hydrogen) atoms. The summed E-state index contributed by atoms with van der Waals surface area (Å²) in [5.41, 5.74) is 3.89. The number of halogens is 3. The van der Waals surface area contributed by atoms with Gasteiger partial charge in [-0.25, -0.2) is 0 Å². The van der Waals surface area contributed by atoms with E-state index in [1.807, 2.05) is 12.1 Å². The number of hydrogen-bond acceptors (Lipinski definition) is 2. The van der Waals surface area contributed by atoms with Gasteiger partial charge < -0.3 is 0 Å². The molecular weight excluding hydrogens is 377 g/mol. The van der Waals surface area contributed by atoms with Gasteiger partial charge >= 0.3 is 6.18 Å². The summed E-state index contributed by atoms with van der Waals surface area (Å²) in [5, 5.41) is 0. The maximum atomic E-state index is 13.2. The van der Waals surface area contributed by atoms with Crippen LogP contribution in [0.1, 0.15) is 29.6 Å². The molecule has 1 fully saturated rings. The molecule has 2 rings (SSSR count). The Labute approximate surface area is 158 Å². The van der Waals surface area contributed by atoms with E-state index in [9.17, 15) is 13.2 Å². The van der Waals surface area contributed by atoms with Gasteiger partial charge in [-0.3, -0.25) is 0 Å². The average molecular weight is 403 g/mol. The summed E-state index contributed by atoms with van der Waals surface area (Å²) in [5.74, 6) is 3.97. The molecule has 0 bridgehead atoms. The topological polar surface area (TPSA) is 0 Å². The lowest BCUT2D eigenvalue weighted by Gasteiger charge is -2.39. The van der Waals surface area contributed by atoms with Crippen molar-refractivity contribution < 1.29 is 13.2 Å². The summed E-state index contributed by atoms with van der Waals surface area (Å²) in [6.45, 7) is 9.28. The molecule has 0 N–H and O–H groups in total. The molecule has 6 heteroatoms. The number of hydrogen-bond donors (Lipinski definition) is 0. The predicted molar refractivity (Wildman–Crippen MR) is 108 cm³/mol. The molecule has 0 amide bonds. The summed E-state index contributed by atoms with van der Waals surface area (Å²) in [7, 11) is -1.39. The highest BCUT2D eigenvalue weighted by Gasteiger charge is 2.52. The molecule has 0 saturated carbocycles. The molecule has 0 aromatic heterocycles. The third-order valence-corrected chi connectivity index (χ3v) is 8.44. The third-order valence-electron chi connectivity index (χ3n) is 4.41. The number of rotatable bonds is 2. The predicted octanol–water partition coefficient (Wildman–Crippen LogP) is 6.60. The zero-order valence-corrected chi connectivity index (χ0v) is 18.0. The fourth-order valence-corrected chi connectivity index (χ4v) is 6.43. The monoisotopic (exact) mass is 402 g/mol. The van der Waals surface area contributed by atoms with Crippen molar-refractivity contribution in [3.63, 3.8) is 0 Å². The van der Waals surface area contributed by atoms with Crippen LogP contribution in [-0.2, 0) is 0 Å². The molecule has 1 aliphatic rings. The van der Waals surface area contributed by atoms with Crippen LogP contribution in [0.3, 0.4) is 0 Å². The first-order valence-corrected chi connectivity index (χ1v) is 13.9. The van der Waals surface area contributed by atoms with Gasteiger partial charge in [-0.2, -0.15) is 13.2 Å². The fraction of sp³-hybridized carbons (Fsp3) is 0.579. The van der Waals surface area contributed by atoms with Crippen LogP contribution < -0.4 is 0 Å². The van der Waals surface area contributed by atoms with Gasteiger partial charge in [0.2, 0.25) is 0 Å². The van der Waals surface area contributed by atoms with Crippen molar-refractivity contribution in [3.05, 3.63) is 35.4 Å². The minimum atomic E-state index is -4.15. The van der Waals surface area contributed by atoms with Gasteiger partial charge in [0, 0.05) is 5.56 Å². The van der Waals surface area contributed by atoms with Gasteiger partial charge in [-0.05, 0) is 35.1 Å². The van der Waals surface area contributed by atoms with Gasteiger partial charge in [-0.1, -0.05) is 51.5 Å². The lowest BCUT2D eigenvalue weighted by atomic mass is 9.80. The molecule has 1 saturated heterocycles. The van der Waals surface area contributed by atoms with Crippen LogP contribution in [0.5, 0.6) is 0 Å². The molecule has 0 radical (unpaired) electrons. The maximum Gasteiger partial charge on any atom is 0.394 e. The van der Waals surface area contributed by atoms with Gasteiger partial charge in [0.25, 0.3) is 0 Å². The average Bonchev–Trinajstić information content (AvgIpc) is 2.52. The van der Waals surface area contributed by atoms with E-state index in [-0.39, 0.29) is 10.5 Å². The van der Waals surface area contributed by atoms with Crippen LogP contribution in [-0.4, -0.2) is 25.8 Å². The van der Waals surface area contributed by atoms with Crippen LogP contribution in [0.15, 0.2) is 24.3 Å². The zero-order chi connectivity index (χ0) is 18.9. The van der Waals surface area contributed by atoms with Crippen molar-refractivity contribution >= 4 is 31.6 Å². The van der Waals surface area contributed by atoms with Crippen molar-refractivity contribution in [2.24, 2.45) is 11.3 Å². The van der Waals surface area contributed by atoms with E-state index in [2.05, 4.69) is 43.2 Å². The quantitative estimate of drug-likeness (QED) is 0.404. The molecule has 0 nitrogen and oxygen atoms in total. The molecule has 138 valence electrons. The van der Waals surface area contributed by atoms with Crippen LogP contribution in [0.25, 0.3) is 0 Å². The fourth-order valence-electron chi connectivity index (χ4n) is 2.33. The van der Waals surface area contributed by atoms with Crippen LogP contribution >= 0.6 is 23.5 Å². The highest BCUT2D eigenvalue weighted by Crippen LogP contribution is 2.53. The van der Waals surface area contributed by atoms with Gasteiger partial charge in [0.1, 0.15) is 8.07 Å². The summed E-state index contributed by atoms with van der Waals surface area (Å²) >= 11 is 3.25. The molecule has 1 aliphatic heterocycles. The first-order chi connectivity index (χ1) is 11.4. The summed E-state index contributed by atoms with van der Waals surface area (Å²) in [6.07, 6.45) is -4.15. The van der Waals surface area contributed by atoms with Gasteiger partial charge in [-0.15, -0.1) is 29.1 Å². The van der Waals surface area contributed by atoms with E-state index in [4.69, 9.17) is 0 Å². The number of thioether (sulfide) groups is 2. The number of alkyl halides is 3. The lowest BCUT2D eigenvalue weighted by Crippen LogP contribution is -2.42. The number of benzene rings is 1. The molecule has 1 aromatic rings. The lowest BCUT2D eigenvalue weighted by molar-refractivity contribution is -0.224. The minimum absolute atomic E-state index is 0.208. The van der Waals surface area contributed by atoms with Crippen molar-refractivity contribution in [1.29, 1.82) is 0 Å². The zero-order valence-electron chi connectivity index (χ0n) is 15.3. The third kappa shape index (κ3) is 5.48. The largest absolute Gasteiger partial charge is 0.394 e. The first kappa shape index (κ1) is 20.8. The molecule has 0 unspecified atom stereocenters. The SMILES string of the molecule is CC(C)(C1CSC(c2ccc(C#C[Si](C)(C)C)cc2)SC1)C(F)(F)F. The Bertz CT molecular complexity index is 640. The normalized spacial score (nSPS) is 22.2. The Morgan fingerprint density at radius 2 is 1.52 bits per heavy atom. The van der Waals surface area contributed by atoms with Crippen LogP contribution in [0, 0.1) is 22.8 Å². The van der Waals surface area contributed by atoms with Crippen LogP contribution in [0.4, 0.5) is 13.2 Å². The minimum Gasteiger partial charge on any atom is -0.171 e. The van der Waals surface area contributed by atoms with Crippen LogP contribution in [0.2, 0.25) is 19.6 Å². The van der Waals surface area contributed by atoms with Crippen molar-refractivity contribution in [3.8, 4) is 11.5 Å². The van der Waals surface area contributed by atoms with E-state index in [0.717, 1.165) is 11.1 Å². The second-order valence-electron chi connectivity index (χ2n) is 8.04. The maximum absolute atomic E-state index is 13.2.